The van der Waals surface area contributed by atoms with Gasteiger partial charge in [-0.3, -0.25) is 4.79 Å². The maximum absolute atomic E-state index is 11.8. The van der Waals surface area contributed by atoms with Crippen LogP contribution in [0.3, 0.4) is 0 Å². The molecular formula is C12H17NO2. The normalized spacial score (nSPS) is 11.1. The van der Waals surface area contributed by atoms with E-state index in [-0.39, 0.29) is 17.1 Å². The van der Waals surface area contributed by atoms with Gasteiger partial charge in [-0.15, -0.1) is 0 Å². The van der Waals surface area contributed by atoms with Crippen LogP contribution in [0, 0.1) is 5.41 Å². The summed E-state index contributed by atoms with van der Waals surface area (Å²) in [4.78, 5) is 11.8. The molecule has 1 amide bonds. The molecule has 0 spiro atoms. The van der Waals surface area contributed by atoms with Crippen molar-refractivity contribution < 1.29 is 9.90 Å². The van der Waals surface area contributed by atoms with E-state index in [1.165, 1.54) is 0 Å². The molecule has 0 bridgehead atoms. The van der Waals surface area contributed by atoms with Crippen molar-refractivity contribution in [2.45, 2.75) is 27.2 Å². The summed E-state index contributed by atoms with van der Waals surface area (Å²) in [7, 11) is 0. The highest BCUT2D eigenvalue weighted by molar-refractivity contribution is 5.94. The summed E-state index contributed by atoms with van der Waals surface area (Å²) in [6.07, 6.45) is 0.789. The molecule has 0 saturated carbocycles. The van der Waals surface area contributed by atoms with Crippen LogP contribution >= 0.6 is 0 Å². The van der Waals surface area contributed by atoms with Gasteiger partial charge in [-0.1, -0.05) is 20.8 Å². The van der Waals surface area contributed by atoms with E-state index < -0.39 is 0 Å². The highest BCUT2D eigenvalue weighted by Crippen LogP contribution is 2.22. The van der Waals surface area contributed by atoms with Crippen molar-refractivity contribution in [3.8, 4) is 5.75 Å². The van der Waals surface area contributed by atoms with Crippen molar-refractivity contribution >= 4 is 11.6 Å². The summed E-state index contributed by atoms with van der Waals surface area (Å²) < 4.78 is 0. The van der Waals surface area contributed by atoms with Crippen molar-refractivity contribution in [3.05, 3.63) is 24.3 Å². The summed E-state index contributed by atoms with van der Waals surface area (Å²) in [5, 5.41) is 11.9. The Labute approximate surface area is 90.1 Å². The Bertz CT molecular complexity index is 341. The third-order valence-corrected chi connectivity index (χ3v) is 2.62. The second kappa shape index (κ2) is 4.34. The summed E-state index contributed by atoms with van der Waals surface area (Å²) in [6, 6.07) is 6.46. The van der Waals surface area contributed by atoms with Crippen LogP contribution in [0.2, 0.25) is 0 Å². The van der Waals surface area contributed by atoms with E-state index in [0.717, 1.165) is 6.42 Å². The van der Waals surface area contributed by atoms with Gasteiger partial charge in [-0.2, -0.15) is 0 Å². The molecule has 0 aliphatic carbocycles. The Morgan fingerprint density at radius 1 is 1.33 bits per heavy atom. The first-order valence-electron chi connectivity index (χ1n) is 5.06. The second-order valence-corrected chi connectivity index (χ2v) is 4.24. The molecule has 0 aliphatic heterocycles. The first-order chi connectivity index (χ1) is 6.95. The zero-order chi connectivity index (χ0) is 11.5. The molecule has 3 heteroatoms. The van der Waals surface area contributed by atoms with E-state index in [9.17, 15) is 4.79 Å². The Hall–Kier alpha value is -1.51. The van der Waals surface area contributed by atoms with E-state index >= 15 is 0 Å². The van der Waals surface area contributed by atoms with Crippen LogP contribution in [0.25, 0.3) is 0 Å². The highest BCUT2D eigenvalue weighted by Gasteiger charge is 2.24. The molecule has 1 aromatic rings. The van der Waals surface area contributed by atoms with E-state index in [1.807, 2.05) is 20.8 Å². The van der Waals surface area contributed by atoms with Gasteiger partial charge in [0.05, 0.1) is 0 Å². The van der Waals surface area contributed by atoms with Crippen LogP contribution in [-0.2, 0) is 4.79 Å². The Kier molecular flexibility index (Phi) is 3.35. The van der Waals surface area contributed by atoms with Crippen LogP contribution in [0.4, 0.5) is 5.69 Å². The molecule has 1 rings (SSSR count). The average molecular weight is 207 g/mol. The lowest BCUT2D eigenvalue weighted by Gasteiger charge is -2.21. The van der Waals surface area contributed by atoms with Crippen LogP contribution in [0.1, 0.15) is 27.2 Å². The number of rotatable bonds is 3. The highest BCUT2D eigenvalue weighted by atomic mass is 16.3. The molecule has 0 aliphatic rings. The minimum atomic E-state index is -0.363. The lowest BCUT2D eigenvalue weighted by atomic mass is 9.89. The second-order valence-electron chi connectivity index (χ2n) is 4.24. The van der Waals surface area contributed by atoms with Gasteiger partial charge in [-0.05, 0) is 30.7 Å². The number of phenolic OH excluding ortho intramolecular Hbond substituents is 1. The molecule has 0 fully saturated rings. The number of hydrogen-bond donors (Lipinski definition) is 2. The standard InChI is InChI=1S/C12H17NO2/c1-4-12(2,3)11(15)13-9-5-7-10(14)8-6-9/h5-8,14H,4H2,1-3H3,(H,13,15). The van der Waals surface area contributed by atoms with Crippen molar-refractivity contribution in [2.24, 2.45) is 5.41 Å². The molecule has 0 unspecified atom stereocenters. The van der Waals surface area contributed by atoms with Gasteiger partial charge < -0.3 is 10.4 Å². The van der Waals surface area contributed by atoms with Gasteiger partial charge in [0.15, 0.2) is 0 Å². The molecule has 3 nitrogen and oxygen atoms in total. The molecule has 15 heavy (non-hydrogen) atoms. The van der Waals surface area contributed by atoms with Crippen molar-refractivity contribution in [3.63, 3.8) is 0 Å². The van der Waals surface area contributed by atoms with Gasteiger partial charge >= 0.3 is 0 Å². The molecule has 82 valence electrons. The van der Waals surface area contributed by atoms with Crippen LogP contribution < -0.4 is 5.32 Å². The molecule has 0 aromatic heterocycles. The topological polar surface area (TPSA) is 49.3 Å². The molecular weight excluding hydrogens is 190 g/mol. The number of nitrogens with one attached hydrogen (secondary N) is 1. The average Bonchev–Trinajstić information content (AvgIpc) is 2.21. The Morgan fingerprint density at radius 3 is 2.33 bits per heavy atom. The molecule has 0 atom stereocenters. The van der Waals surface area contributed by atoms with E-state index in [1.54, 1.807) is 24.3 Å². The van der Waals surface area contributed by atoms with Gasteiger partial charge in [0.1, 0.15) is 5.75 Å². The van der Waals surface area contributed by atoms with Crippen LogP contribution in [0.15, 0.2) is 24.3 Å². The predicted octanol–water partition coefficient (Wildman–Crippen LogP) is 2.77. The van der Waals surface area contributed by atoms with Crippen molar-refractivity contribution in [1.82, 2.24) is 0 Å². The number of hydrogen-bond acceptors (Lipinski definition) is 2. The summed E-state index contributed by atoms with van der Waals surface area (Å²) >= 11 is 0. The fraction of sp³-hybridized carbons (Fsp3) is 0.417. The lowest BCUT2D eigenvalue weighted by Crippen LogP contribution is -2.29. The predicted molar refractivity (Wildman–Crippen MR) is 60.8 cm³/mol. The third kappa shape index (κ3) is 2.98. The number of phenols is 1. The molecule has 0 heterocycles. The van der Waals surface area contributed by atoms with Crippen molar-refractivity contribution in [1.29, 1.82) is 0 Å². The minimum Gasteiger partial charge on any atom is -0.508 e. The maximum atomic E-state index is 11.8. The van der Waals surface area contributed by atoms with Crippen LogP contribution in [-0.4, -0.2) is 11.0 Å². The smallest absolute Gasteiger partial charge is 0.230 e. The third-order valence-electron chi connectivity index (χ3n) is 2.62. The molecule has 0 saturated heterocycles. The number of benzene rings is 1. The lowest BCUT2D eigenvalue weighted by molar-refractivity contribution is -0.124. The number of anilines is 1. The zero-order valence-electron chi connectivity index (χ0n) is 9.37. The van der Waals surface area contributed by atoms with Gasteiger partial charge in [0, 0.05) is 11.1 Å². The fourth-order valence-corrected chi connectivity index (χ4v) is 1.01. The Morgan fingerprint density at radius 2 is 1.87 bits per heavy atom. The van der Waals surface area contributed by atoms with Gasteiger partial charge in [-0.25, -0.2) is 0 Å². The number of carbonyl (C=O) groups excluding carboxylic acids is 1. The molecule has 1 aromatic carbocycles. The SMILES string of the molecule is CCC(C)(C)C(=O)Nc1ccc(O)cc1. The minimum absolute atomic E-state index is 0.00399. The Balaban J connectivity index is 2.71. The summed E-state index contributed by atoms with van der Waals surface area (Å²) in [5.74, 6) is 0.193. The largest absolute Gasteiger partial charge is 0.508 e. The monoisotopic (exact) mass is 207 g/mol. The number of aromatic hydroxyl groups is 1. The van der Waals surface area contributed by atoms with Gasteiger partial charge in [0.25, 0.3) is 0 Å². The first kappa shape index (κ1) is 11.6. The quantitative estimate of drug-likeness (QED) is 0.749. The summed E-state index contributed by atoms with van der Waals surface area (Å²) in [6.45, 7) is 5.79. The number of carbonyl (C=O) groups is 1. The fourth-order valence-electron chi connectivity index (χ4n) is 1.01. The zero-order valence-corrected chi connectivity index (χ0v) is 9.37. The molecule has 2 N–H and O–H groups in total. The van der Waals surface area contributed by atoms with Gasteiger partial charge in [0.2, 0.25) is 5.91 Å². The number of amides is 1. The molecule has 0 radical (unpaired) electrons. The van der Waals surface area contributed by atoms with E-state index in [0.29, 0.717) is 5.69 Å². The van der Waals surface area contributed by atoms with E-state index in [4.69, 9.17) is 5.11 Å². The van der Waals surface area contributed by atoms with Crippen LogP contribution in [0.5, 0.6) is 5.75 Å². The maximum Gasteiger partial charge on any atom is 0.230 e. The van der Waals surface area contributed by atoms with E-state index in [2.05, 4.69) is 5.32 Å². The van der Waals surface area contributed by atoms with Crippen molar-refractivity contribution in [2.75, 3.05) is 5.32 Å². The summed E-state index contributed by atoms with van der Waals surface area (Å²) in [5.41, 5.74) is 0.345. The first-order valence-corrected chi connectivity index (χ1v) is 5.06.